The van der Waals surface area contributed by atoms with E-state index in [1.165, 1.54) is 6.07 Å². The summed E-state index contributed by atoms with van der Waals surface area (Å²) in [5.74, 6) is 0. The number of hydrogen-bond donors (Lipinski definition) is 0. The Morgan fingerprint density at radius 1 is 1.13 bits per heavy atom. The van der Waals surface area contributed by atoms with Crippen molar-refractivity contribution in [2.75, 3.05) is 0 Å². The van der Waals surface area contributed by atoms with Crippen LogP contribution < -0.4 is 5.56 Å². The van der Waals surface area contributed by atoms with Crippen molar-refractivity contribution in [3.05, 3.63) is 69.6 Å². The average Bonchev–Trinajstić information content (AvgIpc) is 2.24. The van der Waals surface area contributed by atoms with Gasteiger partial charge in [0.05, 0.1) is 6.54 Å². The lowest BCUT2D eigenvalue weighted by Gasteiger charge is -2.04. The van der Waals surface area contributed by atoms with Crippen LogP contribution in [0.15, 0.2) is 53.5 Å². The number of nitrogens with zero attached hydrogens (tertiary/aromatic N) is 1. The molecule has 0 bridgehead atoms. The highest BCUT2D eigenvalue weighted by molar-refractivity contribution is 6.30. The Labute approximate surface area is 92.7 Å². The second-order valence-electron chi connectivity index (χ2n) is 3.30. The highest BCUT2D eigenvalue weighted by Gasteiger charge is 1.97. The molecular formula is C12H10ClNO. The Balaban J connectivity index is 2.29. The standard InChI is InChI=1S/C12H10ClNO/c13-11-6-7-14(12(15)8-11)9-10-4-2-1-3-5-10/h1-8H,9H2. The van der Waals surface area contributed by atoms with Gasteiger partial charge in [0.1, 0.15) is 0 Å². The van der Waals surface area contributed by atoms with E-state index in [0.717, 1.165) is 5.56 Å². The maximum absolute atomic E-state index is 11.5. The third-order valence-electron chi connectivity index (χ3n) is 2.15. The zero-order valence-corrected chi connectivity index (χ0v) is 8.82. The monoisotopic (exact) mass is 219 g/mol. The fraction of sp³-hybridized carbons (Fsp3) is 0.0833. The first-order chi connectivity index (χ1) is 7.25. The van der Waals surface area contributed by atoms with Crippen molar-refractivity contribution in [2.24, 2.45) is 0 Å². The number of aromatic nitrogens is 1. The van der Waals surface area contributed by atoms with Crippen molar-refractivity contribution < 1.29 is 0 Å². The van der Waals surface area contributed by atoms with Crippen LogP contribution in [-0.4, -0.2) is 4.57 Å². The Morgan fingerprint density at radius 3 is 2.53 bits per heavy atom. The summed E-state index contributed by atoms with van der Waals surface area (Å²) in [6.07, 6.45) is 1.71. The number of rotatable bonds is 2. The van der Waals surface area contributed by atoms with Crippen LogP contribution in [-0.2, 0) is 6.54 Å². The molecular weight excluding hydrogens is 210 g/mol. The molecule has 0 N–H and O–H groups in total. The molecule has 76 valence electrons. The van der Waals surface area contributed by atoms with Crippen LogP contribution in [0, 0.1) is 0 Å². The molecule has 15 heavy (non-hydrogen) atoms. The molecule has 0 fully saturated rings. The van der Waals surface area contributed by atoms with Gasteiger partial charge in [-0.1, -0.05) is 41.9 Å². The SMILES string of the molecule is O=c1cc(Cl)ccn1Cc1ccccc1. The number of hydrogen-bond acceptors (Lipinski definition) is 1. The Hall–Kier alpha value is -1.54. The molecule has 1 heterocycles. The van der Waals surface area contributed by atoms with Crippen molar-refractivity contribution in [3.63, 3.8) is 0 Å². The van der Waals surface area contributed by atoms with Gasteiger partial charge >= 0.3 is 0 Å². The van der Waals surface area contributed by atoms with Gasteiger partial charge in [-0.2, -0.15) is 0 Å². The van der Waals surface area contributed by atoms with Gasteiger partial charge < -0.3 is 4.57 Å². The minimum Gasteiger partial charge on any atom is -0.311 e. The molecule has 2 rings (SSSR count). The minimum absolute atomic E-state index is 0.0775. The van der Waals surface area contributed by atoms with Crippen molar-refractivity contribution >= 4 is 11.6 Å². The Bertz CT molecular complexity index is 505. The quantitative estimate of drug-likeness (QED) is 0.761. The van der Waals surface area contributed by atoms with Gasteiger partial charge in [0.15, 0.2) is 0 Å². The zero-order valence-electron chi connectivity index (χ0n) is 8.06. The Morgan fingerprint density at radius 2 is 1.87 bits per heavy atom. The zero-order chi connectivity index (χ0) is 10.7. The third-order valence-corrected chi connectivity index (χ3v) is 2.39. The molecule has 2 aromatic rings. The largest absolute Gasteiger partial charge is 0.311 e. The van der Waals surface area contributed by atoms with E-state index in [4.69, 9.17) is 11.6 Å². The number of benzene rings is 1. The molecule has 0 radical (unpaired) electrons. The van der Waals surface area contributed by atoms with Gasteiger partial charge in [0.25, 0.3) is 5.56 Å². The third kappa shape index (κ3) is 2.48. The van der Waals surface area contributed by atoms with E-state index in [-0.39, 0.29) is 5.56 Å². The summed E-state index contributed by atoms with van der Waals surface area (Å²) >= 11 is 5.71. The maximum atomic E-state index is 11.5. The van der Waals surface area contributed by atoms with Gasteiger partial charge in [-0.05, 0) is 11.6 Å². The van der Waals surface area contributed by atoms with Crippen molar-refractivity contribution in [1.29, 1.82) is 0 Å². The van der Waals surface area contributed by atoms with E-state index in [0.29, 0.717) is 11.6 Å². The van der Waals surface area contributed by atoms with E-state index >= 15 is 0 Å². The minimum atomic E-state index is -0.0775. The average molecular weight is 220 g/mol. The predicted molar refractivity (Wildman–Crippen MR) is 61.3 cm³/mol. The second-order valence-corrected chi connectivity index (χ2v) is 3.73. The summed E-state index contributed by atoms with van der Waals surface area (Å²) in [5.41, 5.74) is 1.02. The van der Waals surface area contributed by atoms with E-state index < -0.39 is 0 Å². The molecule has 1 aromatic heterocycles. The van der Waals surface area contributed by atoms with E-state index in [2.05, 4.69) is 0 Å². The van der Waals surface area contributed by atoms with Crippen LogP contribution in [0.1, 0.15) is 5.56 Å². The fourth-order valence-electron chi connectivity index (χ4n) is 1.39. The number of pyridine rings is 1. The molecule has 2 nitrogen and oxygen atoms in total. The molecule has 0 aliphatic heterocycles. The lowest BCUT2D eigenvalue weighted by atomic mass is 10.2. The molecule has 1 aromatic carbocycles. The van der Waals surface area contributed by atoms with Crippen LogP contribution >= 0.6 is 11.6 Å². The van der Waals surface area contributed by atoms with Gasteiger partial charge in [-0.15, -0.1) is 0 Å². The Kier molecular flexibility index (Phi) is 2.88. The lowest BCUT2D eigenvalue weighted by Crippen LogP contribution is -2.18. The smallest absolute Gasteiger partial charge is 0.252 e. The molecule has 0 amide bonds. The highest BCUT2D eigenvalue weighted by Crippen LogP contribution is 2.04. The lowest BCUT2D eigenvalue weighted by molar-refractivity contribution is 0.759. The maximum Gasteiger partial charge on any atom is 0.252 e. The highest BCUT2D eigenvalue weighted by atomic mass is 35.5. The van der Waals surface area contributed by atoms with Crippen LogP contribution in [0.5, 0.6) is 0 Å². The molecule has 0 unspecified atom stereocenters. The fourth-order valence-corrected chi connectivity index (χ4v) is 1.54. The molecule has 0 saturated carbocycles. The van der Waals surface area contributed by atoms with E-state index in [9.17, 15) is 4.79 Å². The molecule has 3 heteroatoms. The first kappa shape index (κ1) is 9.99. The van der Waals surface area contributed by atoms with Gasteiger partial charge in [0.2, 0.25) is 0 Å². The summed E-state index contributed by atoms with van der Waals surface area (Å²) in [5, 5.41) is 0.476. The summed E-state index contributed by atoms with van der Waals surface area (Å²) < 4.78 is 1.63. The summed E-state index contributed by atoms with van der Waals surface area (Å²) in [7, 11) is 0. The molecule has 0 spiro atoms. The number of halogens is 1. The van der Waals surface area contributed by atoms with Gasteiger partial charge in [0, 0.05) is 17.3 Å². The summed E-state index contributed by atoms with van der Waals surface area (Å²) in [6, 6.07) is 13.0. The molecule has 0 aliphatic rings. The van der Waals surface area contributed by atoms with Crippen molar-refractivity contribution in [2.45, 2.75) is 6.54 Å². The van der Waals surface area contributed by atoms with Crippen molar-refractivity contribution in [3.8, 4) is 0 Å². The van der Waals surface area contributed by atoms with Crippen LogP contribution in [0.4, 0.5) is 0 Å². The van der Waals surface area contributed by atoms with Crippen molar-refractivity contribution in [1.82, 2.24) is 4.57 Å². The first-order valence-corrected chi connectivity index (χ1v) is 5.03. The topological polar surface area (TPSA) is 22.0 Å². The summed E-state index contributed by atoms with van der Waals surface area (Å²) in [4.78, 5) is 11.5. The van der Waals surface area contributed by atoms with Crippen LogP contribution in [0.25, 0.3) is 0 Å². The predicted octanol–water partition coefficient (Wildman–Crippen LogP) is 2.55. The normalized spacial score (nSPS) is 10.2. The van der Waals surface area contributed by atoms with Crippen LogP contribution in [0.2, 0.25) is 5.02 Å². The van der Waals surface area contributed by atoms with E-state index in [1.807, 2.05) is 30.3 Å². The second kappa shape index (κ2) is 4.32. The molecule has 0 aliphatic carbocycles. The van der Waals surface area contributed by atoms with Crippen LogP contribution in [0.3, 0.4) is 0 Å². The first-order valence-electron chi connectivity index (χ1n) is 4.65. The van der Waals surface area contributed by atoms with Gasteiger partial charge in [-0.3, -0.25) is 4.79 Å². The molecule has 0 atom stereocenters. The van der Waals surface area contributed by atoms with E-state index in [1.54, 1.807) is 16.8 Å². The summed E-state index contributed by atoms with van der Waals surface area (Å²) in [6.45, 7) is 0.580. The molecule has 0 saturated heterocycles. The van der Waals surface area contributed by atoms with Gasteiger partial charge in [-0.25, -0.2) is 0 Å².